The van der Waals surface area contributed by atoms with Crippen LogP contribution in [0.1, 0.15) is 0 Å². The second-order valence-corrected chi connectivity index (χ2v) is 3.29. The van der Waals surface area contributed by atoms with Gasteiger partial charge in [0.1, 0.15) is 0 Å². The molecule has 0 aliphatic carbocycles. The molecule has 0 aromatic rings. The summed E-state index contributed by atoms with van der Waals surface area (Å²) in [5.74, 6) is 0. The van der Waals surface area contributed by atoms with Gasteiger partial charge in [0.2, 0.25) is 0 Å². The van der Waals surface area contributed by atoms with Gasteiger partial charge in [-0.05, 0) is 0 Å². The fraction of sp³-hybridized carbons (Fsp3) is 0.600. The second kappa shape index (κ2) is 8.73. The third-order valence-corrected chi connectivity index (χ3v) is 2.05. The minimum Gasteiger partial charge on any atom is -0.365 e. The van der Waals surface area contributed by atoms with Gasteiger partial charge in [-0.3, -0.25) is 0 Å². The van der Waals surface area contributed by atoms with E-state index < -0.39 is 9.05 Å². The summed E-state index contributed by atoms with van der Waals surface area (Å²) in [5.41, 5.74) is 0. The molecule has 0 saturated heterocycles. The standard InChI is InChI=1S/C5H12O6Si.H3P/c1-4-5-9-12(6,10-7-2)11-8-3;/h4,6H,1,5H2,2-3H3;1H3. The molecule has 80 valence electrons. The van der Waals surface area contributed by atoms with Crippen molar-refractivity contribution >= 4 is 18.9 Å². The molecule has 0 bridgehead atoms. The van der Waals surface area contributed by atoms with Gasteiger partial charge in [0, 0.05) is 0 Å². The SMILES string of the molecule is C=CCO[Si](O)(OOC)OOC.P. The van der Waals surface area contributed by atoms with Crippen molar-refractivity contribution in [1.29, 1.82) is 0 Å². The molecule has 0 amide bonds. The minimum absolute atomic E-state index is 0. The summed E-state index contributed by atoms with van der Waals surface area (Å²) in [6.07, 6.45) is 1.43. The highest BCUT2D eigenvalue weighted by Crippen LogP contribution is 2.05. The van der Waals surface area contributed by atoms with Crippen molar-refractivity contribution in [3.05, 3.63) is 12.7 Å². The van der Waals surface area contributed by atoms with E-state index >= 15 is 0 Å². The summed E-state index contributed by atoms with van der Waals surface area (Å²) in [6, 6.07) is 0. The maximum absolute atomic E-state index is 9.32. The van der Waals surface area contributed by atoms with Crippen LogP contribution < -0.4 is 0 Å². The third-order valence-electron chi connectivity index (χ3n) is 0.761. The number of hydrogen-bond donors (Lipinski definition) is 1. The van der Waals surface area contributed by atoms with E-state index in [1.165, 1.54) is 20.3 Å². The van der Waals surface area contributed by atoms with E-state index in [0.717, 1.165) is 0 Å². The molecular formula is C5H15O6PSi. The first kappa shape index (κ1) is 15.6. The number of rotatable bonds is 7. The van der Waals surface area contributed by atoms with Gasteiger partial charge >= 0.3 is 9.05 Å². The molecule has 0 aromatic carbocycles. The lowest BCUT2D eigenvalue weighted by Gasteiger charge is -2.17. The van der Waals surface area contributed by atoms with Gasteiger partial charge in [0.15, 0.2) is 0 Å². The first-order valence-corrected chi connectivity index (χ1v) is 4.76. The summed E-state index contributed by atoms with van der Waals surface area (Å²) < 4.78 is 13.4. The average molecular weight is 230 g/mol. The van der Waals surface area contributed by atoms with Crippen LogP contribution >= 0.6 is 9.90 Å². The molecular weight excluding hydrogens is 215 g/mol. The molecule has 1 atom stereocenters. The van der Waals surface area contributed by atoms with Gasteiger partial charge in [0.25, 0.3) is 0 Å². The molecule has 0 aliphatic heterocycles. The van der Waals surface area contributed by atoms with E-state index in [0.29, 0.717) is 0 Å². The van der Waals surface area contributed by atoms with E-state index in [1.807, 2.05) is 0 Å². The molecule has 0 rings (SSSR count). The summed E-state index contributed by atoms with van der Waals surface area (Å²) in [6.45, 7) is 3.46. The Morgan fingerprint density at radius 2 is 1.77 bits per heavy atom. The first-order chi connectivity index (χ1) is 5.68. The van der Waals surface area contributed by atoms with Gasteiger partial charge in [-0.15, -0.1) is 6.58 Å². The van der Waals surface area contributed by atoms with E-state index in [2.05, 4.69) is 25.5 Å². The lowest BCUT2D eigenvalue weighted by Crippen LogP contribution is -2.45. The third kappa shape index (κ3) is 7.24. The highest BCUT2D eigenvalue weighted by atomic mass is 31.0. The topological polar surface area (TPSA) is 66.4 Å². The summed E-state index contributed by atoms with van der Waals surface area (Å²) in [5, 5.41) is 0. The number of hydrogen-bond acceptors (Lipinski definition) is 6. The average Bonchev–Trinajstić information content (AvgIpc) is 2.02. The van der Waals surface area contributed by atoms with Gasteiger partial charge in [-0.1, -0.05) is 6.08 Å². The van der Waals surface area contributed by atoms with Crippen LogP contribution in [-0.4, -0.2) is 34.7 Å². The quantitative estimate of drug-likeness (QED) is 0.215. The fourth-order valence-electron chi connectivity index (χ4n) is 0.437. The largest absolute Gasteiger partial charge is 0.733 e. The Morgan fingerprint density at radius 1 is 1.31 bits per heavy atom. The summed E-state index contributed by atoms with van der Waals surface area (Å²) >= 11 is 0. The zero-order valence-electron chi connectivity index (χ0n) is 7.69. The van der Waals surface area contributed by atoms with Crippen molar-refractivity contribution in [3.63, 3.8) is 0 Å². The Balaban J connectivity index is 0. The smallest absolute Gasteiger partial charge is 0.365 e. The highest BCUT2D eigenvalue weighted by Gasteiger charge is 2.44. The van der Waals surface area contributed by atoms with Crippen molar-refractivity contribution in [1.82, 2.24) is 0 Å². The lowest BCUT2D eigenvalue weighted by atomic mass is 10.7. The Kier molecular flexibility index (Phi) is 10.5. The molecule has 0 saturated carbocycles. The highest BCUT2D eigenvalue weighted by molar-refractivity contribution is 6.92. The second-order valence-electron chi connectivity index (χ2n) is 1.62. The molecule has 0 aliphatic rings. The lowest BCUT2D eigenvalue weighted by molar-refractivity contribution is -0.316. The van der Waals surface area contributed by atoms with Crippen LogP contribution in [0.15, 0.2) is 12.7 Å². The summed E-state index contributed by atoms with van der Waals surface area (Å²) in [7, 11) is -1.35. The zero-order chi connectivity index (χ0) is 9.45. The van der Waals surface area contributed by atoms with E-state index in [9.17, 15) is 4.80 Å². The van der Waals surface area contributed by atoms with Crippen molar-refractivity contribution < 1.29 is 28.2 Å². The molecule has 0 heterocycles. The van der Waals surface area contributed by atoms with Crippen molar-refractivity contribution in [3.8, 4) is 0 Å². The summed E-state index contributed by atoms with van der Waals surface area (Å²) in [4.78, 5) is 17.7. The Hall–Kier alpha value is 0.147. The maximum Gasteiger partial charge on any atom is 0.733 e. The predicted molar refractivity (Wildman–Crippen MR) is 51.4 cm³/mol. The van der Waals surface area contributed by atoms with Gasteiger partial charge < -0.3 is 9.22 Å². The van der Waals surface area contributed by atoms with E-state index in [4.69, 9.17) is 4.43 Å². The molecule has 0 fully saturated rings. The van der Waals surface area contributed by atoms with Crippen LogP contribution in [0.25, 0.3) is 0 Å². The normalized spacial score (nSPS) is 10.7. The van der Waals surface area contributed by atoms with Crippen molar-refractivity contribution in [2.75, 3.05) is 20.8 Å². The van der Waals surface area contributed by atoms with E-state index in [1.54, 1.807) is 0 Å². The van der Waals surface area contributed by atoms with Crippen molar-refractivity contribution in [2.24, 2.45) is 0 Å². The van der Waals surface area contributed by atoms with E-state index in [-0.39, 0.29) is 16.5 Å². The van der Waals surface area contributed by atoms with Crippen molar-refractivity contribution in [2.45, 2.75) is 0 Å². The van der Waals surface area contributed by atoms with Crippen LogP contribution in [0.3, 0.4) is 0 Å². The molecule has 0 spiro atoms. The molecule has 13 heavy (non-hydrogen) atoms. The van der Waals surface area contributed by atoms with Crippen LogP contribution in [0, 0.1) is 0 Å². The molecule has 0 aromatic heterocycles. The molecule has 1 N–H and O–H groups in total. The van der Waals surface area contributed by atoms with Gasteiger partial charge in [-0.25, -0.2) is 9.78 Å². The monoisotopic (exact) mass is 230 g/mol. The fourth-order valence-corrected chi connectivity index (χ4v) is 1.31. The zero-order valence-corrected chi connectivity index (χ0v) is 10.1. The van der Waals surface area contributed by atoms with Crippen LogP contribution in [0.2, 0.25) is 0 Å². The van der Waals surface area contributed by atoms with Crippen LogP contribution in [0.4, 0.5) is 0 Å². The van der Waals surface area contributed by atoms with Crippen LogP contribution in [-0.2, 0) is 23.4 Å². The molecule has 8 heteroatoms. The maximum atomic E-state index is 9.32. The first-order valence-electron chi connectivity index (χ1n) is 3.09. The van der Waals surface area contributed by atoms with Gasteiger partial charge in [0.05, 0.1) is 20.8 Å². The molecule has 0 radical (unpaired) electrons. The Bertz CT molecular complexity index is 128. The Morgan fingerprint density at radius 3 is 2.08 bits per heavy atom. The predicted octanol–water partition coefficient (Wildman–Crippen LogP) is -0.169. The Labute approximate surface area is 81.4 Å². The van der Waals surface area contributed by atoms with Crippen LogP contribution in [0.5, 0.6) is 0 Å². The van der Waals surface area contributed by atoms with Gasteiger partial charge in [-0.2, -0.15) is 19.1 Å². The molecule has 1 unspecified atom stereocenters. The molecule has 6 nitrogen and oxygen atoms in total. The minimum atomic E-state index is -3.79.